The molecule has 0 saturated carbocycles. The van der Waals surface area contributed by atoms with Gasteiger partial charge in [-0.3, -0.25) is 4.57 Å². The summed E-state index contributed by atoms with van der Waals surface area (Å²) < 4.78 is 16.3. The molecule has 0 amide bonds. The molecule has 3 aromatic heterocycles. The van der Waals surface area contributed by atoms with Gasteiger partial charge in [0.25, 0.3) is 0 Å². The average molecular weight is 607 g/mol. The molecule has 0 radical (unpaired) electrons. The standard InChI is InChI=1S/C40H38N4O2/c1-26-39(29-11-8-7-9-12-29)27(2)44(42-26)30-13-10-14-32(22-30)46-33-15-17-34-35-23-31(45-6)16-18-36(35)43(37(34)24-33)38-21-28(19-20-41-38)25-40(3,4)5/h7-24H,25H2,1-6H3. The summed E-state index contributed by atoms with van der Waals surface area (Å²) >= 11 is 0. The van der Waals surface area contributed by atoms with E-state index in [1.54, 1.807) is 7.11 Å². The van der Waals surface area contributed by atoms with Gasteiger partial charge in [-0.25, -0.2) is 9.67 Å². The minimum atomic E-state index is 0.166. The summed E-state index contributed by atoms with van der Waals surface area (Å²) in [6.45, 7) is 11.0. The predicted octanol–water partition coefficient (Wildman–Crippen LogP) is 10.0. The van der Waals surface area contributed by atoms with Crippen LogP contribution in [-0.2, 0) is 6.42 Å². The van der Waals surface area contributed by atoms with E-state index in [0.29, 0.717) is 0 Å². The van der Waals surface area contributed by atoms with Gasteiger partial charge in [0.05, 0.1) is 29.5 Å². The average Bonchev–Trinajstić information content (AvgIpc) is 3.52. The van der Waals surface area contributed by atoms with Gasteiger partial charge in [-0.05, 0) is 91.4 Å². The maximum atomic E-state index is 6.53. The number of ether oxygens (including phenoxy) is 2. The maximum absolute atomic E-state index is 6.53. The van der Waals surface area contributed by atoms with Gasteiger partial charge in [0, 0.05) is 40.4 Å². The van der Waals surface area contributed by atoms with Gasteiger partial charge in [0.2, 0.25) is 0 Å². The highest BCUT2D eigenvalue weighted by Crippen LogP contribution is 2.37. The fourth-order valence-electron chi connectivity index (χ4n) is 6.45. The van der Waals surface area contributed by atoms with Crippen molar-refractivity contribution < 1.29 is 9.47 Å². The zero-order valence-corrected chi connectivity index (χ0v) is 27.2. The molecular formula is C40H38N4O2. The lowest BCUT2D eigenvalue weighted by atomic mass is 9.88. The number of rotatable bonds is 7. The maximum Gasteiger partial charge on any atom is 0.137 e. The van der Waals surface area contributed by atoms with Crippen LogP contribution in [-0.4, -0.2) is 26.4 Å². The second kappa shape index (κ2) is 11.5. The second-order valence-corrected chi connectivity index (χ2v) is 13.1. The summed E-state index contributed by atoms with van der Waals surface area (Å²) in [5.74, 6) is 3.17. The molecule has 3 heterocycles. The summed E-state index contributed by atoms with van der Waals surface area (Å²) in [7, 11) is 1.70. The van der Waals surface area contributed by atoms with E-state index >= 15 is 0 Å². The number of methoxy groups -OCH3 is 1. The van der Waals surface area contributed by atoms with Crippen LogP contribution in [0.25, 0.3) is 44.4 Å². The highest BCUT2D eigenvalue weighted by Gasteiger charge is 2.18. The van der Waals surface area contributed by atoms with Crippen LogP contribution in [0.15, 0.2) is 109 Å². The molecule has 0 fully saturated rings. The number of aryl methyl sites for hydroxylation is 1. The van der Waals surface area contributed by atoms with Crippen molar-refractivity contribution >= 4 is 21.8 Å². The third kappa shape index (κ3) is 5.51. The summed E-state index contributed by atoms with van der Waals surface area (Å²) in [4.78, 5) is 4.83. The van der Waals surface area contributed by atoms with Crippen LogP contribution >= 0.6 is 0 Å². The van der Waals surface area contributed by atoms with Crippen LogP contribution in [0.4, 0.5) is 0 Å². The number of nitrogens with zero attached hydrogens (tertiary/aromatic N) is 4. The first-order valence-corrected chi connectivity index (χ1v) is 15.7. The van der Waals surface area contributed by atoms with Crippen molar-refractivity contribution in [3.05, 3.63) is 126 Å². The first-order chi connectivity index (χ1) is 22.2. The Morgan fingerprint density at radius 2 is 1.50 bits per heavy atom. The van der Waals surface area contributed by atoms with Gasteiger partial charge in [-0.2, -0.15) is 5.10 Å². The van der Waals surface area contributed by atoms with E-state index in [9.17, 15) is 0 Å². The molecule has 0 unspecified atom stereocenters. The third-order valence-corrected chi connectivity index (χ3v) is 8.37. The van der Waals surface area contributed by atoms with Crippen molar-refractivity contribution in [2.45, 2.75) is 41.0 Å². The van der Waals surface area contributed by atoms with E-state index in [0.717, 1.165) is 79.5 Å². The number of aromatic nitrogens is 4. The minimum Gasteiger partial charge on any atom is -0.497 e. The molecule has 0 saturated heterocycles. The molecule has 0 spiro atoms. The Morgan fingerprint density at radius 3 is 2.28 bits per heavy atom. The summed E-state index contributed by atoms with van der Waals surface area (Å²) in [5, 5.41) is 7.11. The molecule has 0 aliphatic rings. The molecular weight excluding hydrogens is 568 g/mol. The Hall–Kier alpha value is -5.36. The highest BCUT2D eigenvalue weighted by molar-refractivity contribution is 6.10. The van der Waals surface area contributed by atoms with E-state index in [-0.39, 0.29) is 5.41 Å². The lowest BCUT2D eigenvalue weighted by Gasteiger charge is -2.18. The molecule has 0 aliphatic heterocycles. The van der Waals surface area contributed by atoms with Crippen molar-refractivity contribution in [1.82, 2.24) is 19.3 Å². The molecule has 6 heteroatoms. The van der Waals surface area contributed by atoms with Crippen LogP contribution < -0.4 is 9.47 Å². The third-order valence-electron chi connectivity index (χ3n) is 8.37. The number of hydrogen-bond acceptors (Lipinski definition) is 4. The lowest BCUT2D eigenvalue weighted by Crippen LogP contribution is -2.10. The molecule has 0 N–H and O–H groups in total. The van der Waals surface area contributed by atoms with Gasteiger partial charge >= 0.3 is 0 Å². The normalized spacial score (nSPS) is 11.8. The zero-order valence-electron chi connectivity index (χ0n) is 27.2. The van der Waals surface area contributed by atoms with Crippen molar-refractivity contribution in [2.24, 2.45) is 5.41 Å². The molecule has 7 rings (SSSR count). The van der Waals surface area contributed by atoms with E-state index < -0.39 is 0 Å². The van der Waals surface area contributed by atoms with Crippen molar-refractivity contribution in [3.63, 3.8) is 0 Å². The number of pyridine rings is 1. The Morgan fingerprint density at radius 1 is 0.717 bits per heavy atom. The van der Waals surface area contributed by atoms with Crippen molar-refractivity contribution in [2.75, 3.05) is 7.11 Å². The summed E-state index contributed by atoms with van der Waals surface area (Å²) in [6.07, 6.45) is 2.87. The quantitative estimate of drug-likeness (QED) is 0.181. The van der Waals surface area contributed by atoms with Crippen LogP contribution in [0.3, 0.4) is 0 Å². The van der Waals surface area contributed by atoms with Crippen LogP contribution in [0.1, 0.15) is 37.7 Å². The summed E-state index contributed by atoms with van der Waals surface area (Å²) in [5.41, 5.74) is 8.84. The van der Waals surface area contributed by atoms with Gasteiger partial charge in [-0.15, -0.1) is 0 Å². The van der Waals surface area contributed by atoms with Crippen molar-refractivity contribution in [3.8, 4) is 39.9 Å². The Balaban J connectivity index is 1.29. The molecule has 46 heavy (non-hydrogen) atoms. The molecule has 0 bridgehead atoms. The largest absolute Gasteiger partial charge is 0.497 e. The highest BCUT2D eigenvalue weighted by atomic mass is 16.5. The first kappa shape index (κ1) is 29.4. The lowest BCUT2D eigenvalue weighted by molar-refractivity contribution is 0.411. The van der Waals surface area contributed by atoms with Gasteiger partial charge in [-0.1, -0.05) is 57.2 Å². The minimum absolute atomic E-state index is 0.166. The molecule has 4 aromatic carbocycles. The smallest absolute Gasteiger partial charge is 0.137 e. The monoisotopic (exact) mass is 606 g/mol. The number of hydrogen-bond donors (Lipinski definition) is 0. The number of fused-ring (bicyclic) bond motifs is 3. The molecule has 0 aliphatic carbocycles. The van der Waals surface area contributed by atoms with Gasteiger partial charge in [0.15, 0.2) is 0 Å². The van der Waals surface area contributed by atoms with Crippen molar-refractivity contribution in [1.29, 1.82) is 0 Å². The molecule has 7 aromatic rings. The van der Waals surface area contributed by atoms with Crippen LogP contribution in [0.2, 0.25) is 0 Å². The van der Waals surface area contributed by atoms with Crippen LogP contribution in [0.5, 0.6) is 17.2 Å². The molecule has 6 nitrogen and oxygen atoms in total. The van der Waals surface area contributed by atoms with E-state index in [2.05, 4.69) is 106 Å². The zero-order chi connectivity index (χ0) is 32.0. The molecule has 0 atom stereocenters. The Bertz CT molecular complexity index is 2200. The van der Waals surface area contributed by atoms with Gasteiger partial charge < -0.3 is 9.47 Å². The fourth-order valence-corrected chi connectivity index (χ4v) is 6.45. The fraction of sp³-hybridized carbons (Fsp3) is 0.200. The van der Waals surface area contributed by atoms with Gasteiger partial charge in [0.1, 0.15) is 23.1 Å². The first-order valence-electron chi connectivity index (χ1n) is 15.7. The summed E-state index contributed by atoms with van der Waals surface area (Å²) in [6, 6.07) is 35.3. The molecule has 230 valence electrons. The Kier molecular flexibility index (Phi) is 7.36. The predicted molar refractivity (Wildman–Crippen MR) is 187 cm³/mol. The topological polar surface area (TPSA) is 54.1 Å². The van der Waals surface area contributed by atoms with E-state index in [1.165, 1.54) is 5.56 Å². The second-order valence-electron chi connectivity index (χ2n) is 13.1. The van der Waals surface area contributed by atoms with E-state index in [1.807, 2.05) is 47.3 Å². The SMILES string of the molecule is COc1ccc2c(c1)c1ccc(Oc3cccc(-n4nc(C)c(-c5ccccc5)c4C)c3)cc1n2-c1cc(CC(C)(C)C)ccn1. The number of benzene rings is 4. The van der Waals surface area contributed by atoms with Crippen LogP contribution in [0, 0.1) is 19.3 Å². The van der Waals surface area contributed by atoms with E-state index in [4.69, 9.17) is 19.6 Å². The Labute approximate surface area is 269 Å².